The summed E-state index contributed by atoms with van der Waals surface area (Å²) < 4.78 is 28.9. The topological polar surface area (TPSA) is 138 Å². The van der Waals surface area contributed by atoms with Crippen LogP contribution in [0, 0.1) is 23.2 Å². The van der Waals surface area contributed by atoms with E-state index in [-0.39, 0.29) is 0 Å². The molecule has 11 heteroatoms. The number of alkyl halides is 1. The number of hydrogen-bond donors (Lipinski definition) is 1. The molecule has 3 fully saturated rings. The molecule has 2 heterocycles. The Morgan fingerprint density at radius 3 is 2.22 bits per heavy atom. The van der Waals surface area contributed by atoms with Crippen LogP contribution in [0.1, 0.15) is 41.5 Å². The lowest BCUT2D eigenvalue weighted by Crippen LogP contribution is -2.68. The zero-order valence-electron chi connectivity index (χ0n) is 21.6. The number of hydrogen-bond acceptors (Lipinski definition) is 10. The average molecular weight is 541 g/mol. The van der Waals surface area contributed by atoms with Crippen LogP contribution in [0.3, 0.4) is 0 Å². The predicted molar refractivity (Wildman–Crippen MR) is 128 cm³/mol. The lowest BCUT2D eigenvalue weighted by molar-refractivity contribution is -0.222. The number of epoxide rings is 1. The maximum absolute atomic E-state index is 12.8. The number of carbonyl (C=O) groups is 4. The molecule has 0 radical (unpaired) electrons. The Bertz CT molecular complexity index is 1060. The lowest BCUT2D eigenvalue weighted by atomic mass is 9.54. The summed E-state index contributed by atoms with van der Waals surface area (Å²) >= 11 is 6.70. The van der Waals surface area contributed by atoms with Gasteiger partial charge in [-0.3, -0.25) is 19.2 Å². The van der Waals surface area contributed by atoms with Gasteiger partial charge >= 0.3 is 23.9 Å². The number of allylic oxidation sites excluding steroid dienone is 1. The molecule has 0 bridgehead atoms. The molecule has 4 rings (SSSR count). The number of aliphatic hydroxyl groups is 1. The van der Waals surface area contributed by atoms with Crippen molar-refractivity contribution >= 4 is 35.5 Å². The molecule has 0 amide bonds. The van der Waals surface area contributed by atoms with Crippen molar-refractivity contribution in [1.82, 2.24) is 0 Å². The van der Waals surface area contributed by atoms with Gasteiger partial charge in [0.2, 0.25) is 0 Å². The Hall–Kier alpha value is -2.43. The second kappa shape index (κ2) is 9.39. The summed E-state index contributed by atoms with van der Waals surface area (Å²) in [4.78, 5) is 49.6. The zero-order chi connectivity index (χ0) is 27.6. The van der Waals surface area contributed by atoms with Gasteiger partial charge in [-0.1, -0.05) is 26.5 Å². The fourth-order valence-electron chi connectivity index (χ4n) is 6.60. The highest BCUT2D eigenvalue weighted by molar-refractivity contribution is 6.23. The molecule has 0 aromatic rings. The minimum atomic E-state index is -2.10. The van der Waals surface area contributed by atoms with Gasteiger partial charge in [-0.25, -0.2) is 0 Å². The second-order valence-corrected chi connectivity index (χ2v) is 11.2. The molecule has 12 atom stereocenters. The van der Waals surface area contributed by atoms with Gasteiger partial charge in [-0.05, 0) is 18.6 Å². The maximum atomic E-state index is 12.8. The molecule has 0 aromatic heterocycles. The monoisotopic (exact) mass is 540 g/mol. The predicted octanol–water partition coefficient (Wildman–Crippen LogP) is 1.85. The third-order valence-corrected chi connectivity index (χ3v) is 8.91. The summed E-state index contributed by atoms with van der Waals surface area (Å²) in [6.45, 7) is 12.8. The van der Waals surface area contributed by atoms with Gasteiger partial charge in [0.25, 0.3) is 0 Å². The number of halogens is 1. The number of ether oxygens (including phenoxy) is 5. The Balaban J connectivity index is 2.00. The van der Waals surface area contributed by atoms with Crippen molar-refractivity contribution in [2.75, 3.05) is 0 Å². The van der Waals surface area contributed by atoms with E-state index in [1.165, 1.54) is 27.7 Å². The number of fused-ring (bicyclic) bond motifs is 4. The van der Waals surface area contributed by atoms with Crippen LogP contribution in [-0.2, 0) is 42.9 Å². The highest BCUT2D eigenvalue weighted by Crippen LogP contribution is 2.61. The first kappa shape index (κ1) is 27.6. The molecule has 2 unspecified atom stereocenters. The van der Waals surface area contributed by atoms with E-state index in [0.29, 0.717) is 5.57 Å². The van der Waals surface area contributed by atoms with Gasteiger partial charge < -0.3 is 28.8 Å². The van der Waals surface area contributed by atoms with Crippen LogP contribution in [0.5, 0.6) is 0 Å². The lowest BCUT2D eigenvalue weighted by Gasteiger charge is -2.54. The number of esters is 4. The Morgan fingerprint density at radius 2 is 1.65 bits per heavy atom. The van der Waals surface area contributed by atoms with Crippen molar-refractivity contribution in [2.24, 2.45) is 23.2 Å². The molecular formula is C26H33ClO10. The fraction of sp³-hybridized carbons (Fsp3) is 0.692. The average Bonchev–Trinajstić information content (AvgIpc) is 3.57. The highest BCUT2D eigenvalue weighted by atomic mass is 35.5. The highest BCUT2D eigenvalue weighted by Gasteiger charge is 2.75. The molecule has 1 saturated carbocycles. The quantitative estimate of drug-likeness (QED) is 0.244. The summed E-state index contributed by atoms with van der Waals surface area (Å²) in [5, 5.41) is 11.3. The molecule has 2 aliphatic carbocycles. The van der Waals surface area contributed by atoms with Gasteiger partial charge in [0.05, 0.1) is 17.4 Å². The van der Waals surface area contributed by atoms with Gasteiger partial charge in [0.15, 0.2) is 11.7 Å². The molecule has 1 N–H and O–H groups in total. The molecule has 4 aliphatic rings. The fourth-order valence-corrected chi connectivity index (χ4v) is 6.92. The van der Waals surface area contributed by atoms with Crippen molar-refractivity contribution < 1.29 is 48.0 Å². The first-order chi connectivity index (χ1) is 17.1. The largest absolute Gasteiger partial charge is 0.459 e. The third kappa shape index (κ3) is 4.27. The van der Waals surface area contributed by atoms with Gasteiger partial charge in [-0.2, -0.15) is 0 Å². The molecule has 37 heavy (non-hydrogen) atoms. The van der Waals surface area contributed by atoms with Gasteiger partial charge in [0.1, 0.15) is 24.4 Å². The van der Waals surface area contributed by atoms with Crippen molar-refractivity contribution in [1.29, 1.82) is 0 Å². The van der Waals surface area contributed by atoms with E-state index in [1.54, 1.807) is 26.0 Å². The summed E-state index contributed by atoms with van der Waals surface area (Å²) in [6.07, 6.45) is -2.31. The first-order valence-corrected chi connectivity index (χ1v) is 12.7. The number of carbonyl (C=O) groups excluding carboxylic acids is 4. The minimum Gasteiger partial charge on any atom is -0.459 e. The van der Waals surface area contributed by atoms with Crippen LogP contribution in [0.15, 0.2) is 24.3 Å². The van der Waals surface area contributed by atoms with Crippen LogP contribution < -0.4 is 0 Å². The first-order valence-electron chi connectivity index (χ1n) is 12.3. The normalized spacial score (nSPS) is 47.4. The molecule has 0 spiro atoms. The van der Waals surface area contributed by atoms with E-state index >= 15 is 0 Å². The van der Waals surface area contributed by atoms with Crippen LogP contribution >= 0.6 is 11.6 Å². The second-order valence-electron chi connectivity index (χ2n) is 10.7. The minimum absolute atomic E-state index is 0.294. The smallest absolute Gasteiger partial charge is 0.312 e. The van der Waals surface area contributed by atoms with Crippen molar-refractivity contribution in [3.8, 4) is 0 Å². The van der Waals surface area contributed by atoms with E-state index in [1.807, 2.05) is 0 Å². The summed E-state index contributed by atoms with van der Waals surface area (Å²) in [7, 11) is 0. The number of rotatable bonds is 3. The summed E-state index contributed by atoms with van der Waals surface area (Å²) in [5.41, 5.74) is -2.91. The van der Waals surface area contributed by atoms with Crippen LogP contribution in [-0.4, -0.2) is 76.6 Å². The Kier molecular flexibility index (Phi) is 7.01. The molecule has 204 valence electrons. The third-order valence-electron chi connectivity index (χ3n) is 8.40. The van der Waals surface area contributed by atoms with E-state index in [4.69, 9.17) is 35.3 Å². The van der Waals surface area contributed by atoms with E-state index in [9.17, 15) is 24.3 Å². The maximum Gasteiger partial charge on any atom is 0.312 e. The Morgan fingerprint density at radius 1 is 1.05 bits per heavy atom. The van der Waals surface area contributed by atoms with E-state index in [0.717, 1.165) is 0 Å². The van der Waals surface area contributed by atoms with Crippen molar-refractivity contribution in [3.05, 3.63) is 24.3 Å². The van der Waals surface area contributed by atoms with Crippen molar-refractivity contribution in [3.63, 3.8) is 0 Å². The Labute approximate surface area is 220 Å². The summed E-state index contributed by atoms with van der Waals surface area (Å²) in [5.74, 6) is -5.12. The molecule has 2 saturated heterocycles. The van der Waals surface area contributed by atoms with E-state index in [2.05, 4.69) is 6.58 Å². The van der Waals surface area contributed by atoms with Gasteiger partial charge in [-0.15, -0.1) is 11.6 Å². The van der Waals surface area contributed by atoms with Crippen LogP contribution in [0.2, 0.25) is 0 Å². The SMILES string of the molecule is C=C1/C=C\[C@@H](OC(C)=O)[C@@]2(C)[C@H]3O[C@H]3[C@@H](OC(C)=O)[C@H](C)[C@@H]2C(OC(C)=O)[C@@]2(O)C(OC(=O)[C@@H]2C)[C@H]1Cl. The van der Waals surface area contributed by atoms with Crippen molar-refractivity contribution in [2.45, 2.75) is 89.1 Å². The molecule has 0 aromatic carbocycles. The molecule has 2 aliphatic heterocycles. The standard InChI is InChI=1S/C26H33ClO10/c1-10-8-9-16(33-13(4)28)25(7)17(11(2)19(34-14(5)29)20-23(25)36-20)21(35-15(6)30)26(32)12(3)24(31)37-22(26)18(10)27/h8-9,11-12,16-23,32H,1H2,2-7H3/b9-8-/t11-,12+,16-,17-,18+,19+,20+,21?,22?,23+,25-,26-/m1/s1. The summed E-state index contributed by atoms with van der Waals surface area (Å²) in [6, 6.07) is 0. The van der Waals surface area contributed by atoms with Crippen LogP contribution in [0.4, 0.5) is 0 Å². The van der Waals surface area contributed by atoms with E-state index < -0.39 is 94.6 Å². The van der Waals surface area contributed by atoms with Gasteiger partial charge in [0, 0.05) is 38.0 Å². The van der Waals surface area contributed by atoms with Crippen LogP contribution in [0.25, 0.3) is 0 Å². The zero-order valence-corrected chi connectivity index (χ0v) is 22.4. The molecule has 10 nitrogen and oxygen atoms in total. The molecular weight excluding hydrogens is 508 g/mol.